The number of carbonyl (C=O) groups excluding carboxylic acids is 1. The minimum absolute atomic E-state index is 0.0493. The summed E-state index contributed by atoms with van der Waals surface area (Å²) in [7, 11) is 0. The number of halogens is 1. The van der Waals surface area contributed by atoms with Gasteiger partial charge in [-0.15, -0.1) is 0 Å². The molecule has 22 heavy (non-hydrogen) atoms. The van der Waals surface area contributed by atoms with Crippen molar-refractivity contribution in [2.75, 3.05) is 6.54 Å². The standard InChI is InChI=1S/C18H24ClNO2/c1-17(22,13-4-5-13)12-20-16(21)18(10-2-3-11-18)14-6-8-15(19)9-7-14/h6-9,13,22H,2-5,10-12H2,1H3,(H,20,21). The third kappa shape index (κ3) is 3.02. The van der Waals surface area contributed by atoms with Crippen molar-refractivity contribution < 1.29 is 9.90 Å². The third-order valence-electron chi connectivity index (χ3n) is 5.35. The molecule has 2 fully saturated rings. The van der Waals surface area contributed by atoms with Crippen molar-refractivity contribution in [2.45, 2.75) is 56.5 Å². The van der Waals surface area contributed by atoms with Crippen LogP contribution >= 0.6 is 11.6 Å². The molecule has 3 nitrogen and oxygen atoms in total. The second-order valence-corrected chi connectivity index (χ2v) is 7.55. The lowest BCUT2D eigenvalue weighted by molar-refractivity contribution is -0.128. The van der Waals surface area contributed by atoms with Gasteiger partial charge in [0.05, 0.1) is 11.0 Å². The van der Waals surface area contributed by atoms with E-state index in [-0.39, 0.29) is 5.91 Å². The lowest BCUT2D eigenvalue weighted by Gasteiger charge is -2.31. The van der Waals surface area contributed by atoms with E-state index in [2.05, 4.69) is 5.32 Å². The summed E-state index contributed by atoms with van der Waals surface area (Å²) in [6.07, 6.45) is 5.98. The molecule has 1 unspecified atom stereocenters. The number of rotatable bonds is 5. The van der Waals surface area contributed by atoms with Crippen LogP contribution in [0.15, 0.2) is 24.3 Å². The Labute approximate surface area is 137 Å². The van der Waals surface area contributed by atoms with Crippen LogP contribution in [0, 0.1) is 5.92 Å². The molecule has 2 aliphatic rings. The zero-order valence-corrected chi connectivity index (χ0v) is 13.8. The summed E-state index contributed by atoms with van der Waals surface area (Å²) in [5.41, 5.74) is -0.197. The van der Waals surface area contributed by atoms with Gasteiger partial charge in [-0.05, 0) is 56.2 Å². The molecule has 0 aromatic heterocycles. The van der Waals surface area contributed by atoms with Crippen molar-refractivity contribution >= 4 is 17.5 Å². The van der Waals surface area contributed by atoms with Crippen LogP contribution in [-0.2, 0) is 10.2 Å². The van der Waals surface area contributed by atoms with Gasteiger partial charge in [0, 0.05) is 11.6 Å². The van der Waals surface area contributed by atoms with Gasteiger partial charge in [0.25, 0.3) is 0 Å². The minimum Gasteiger partial charge on any atom is -0.388 e. The van der Waals surface area contributed by atoms with Gasteiger partial charge < -0.3 is 10.4 Å². The molecule has 1 aromatic carbocycles. The first-order valence-corrected chi connectivity index (χ1v) is 8.59. The summed E-state index contributed by atoms with van der Waals surface area (Å²) in [6.45, 7) is 2.17. The Bertz CT molecular complexity index is 543. The molecule has 3 rings (SSSR count). The van der Waals surface area contributed by atoms with Crippen molar-refractivity contribution in [1.29, 1.82) is 0 Å². The van der Waals surface area contributed by atoms with E-state index in [0.29, 0.717) is 17.5 Å². The number of hydrogen-bond acceptors (Lipinski definition) is 2. The van der Waals surface area contributed by atoms with Crippen molar-refractivity contribution in [3.05, 3.63) is 34.9 Å². The Hall–Kier alpha value is -1.06. The second kappa shape index (κ2) is 5.86. The molecule has 4 heteroatoms. The van der Waals surface area contributed by atoms with Gasteiger partial charge in [0.2, 0.25) is 5.91 Å². The van der Waals surface area contributed by atoms with E-state index >= 15 is 0 Å². The van der Waals surface area contributed by atoms with Crippen LogP contribution < -0.4 is 5.32 Å². The van der Waals surface area contributed by atoms with Gasteiger partial charge in [-0.1, -0.05) is 36.6 Å². The van der Waals surface area contributed by atoms with Gasteiger partial charge in [-0.3, -0.25) is 4.79 Å². The van der Waals surface area contributed by atoms with Crippen LogP contribution in [0.2, 0.25) is 5.02 Å². The van der Waals surface area contributed by atoms with Crippen LogP contribution in [0.4, 0.5) is 0 Å². The van der Waals surface area contributed by atoms with E-state index in [0.717, 1.165) is 44.1 Å². The molecule has 0 saturated heterocycles. The molecule has 2 saturated carbocycles. The quantitative estimate of drug-likeness (QED) is 0.873. The highest BCUT2D eigenvalue weighted by Crippen LogP contribution is 2.42. The highest BCUT2D eigenvalue weighted by atomic mass is 35.5. The fourth-order valence-electron chi connectivity index (χ4n) is 3.67. The average molecular weight is 322 g/mol. The lowest BCUT2D eigenvalue weighted by Crippen LogP contribution is -2.49. The number of carbonyl (C=O) groups is 1. The topological polar surface area (TPSA) is 49.3 Å². The molecular weight excluding hydrogens is 298 g/mol. The molecule has 120 valence electrons. The number of nitrogens with one attached hydrogen (secondary N) is 1. The maximum Gasteiger partial charge on any atom is 0.230 e. The normalized spacial score (nSPS) is 23.0. The first-order valence-electron chi connectivity index (χ1n) is 8.21. The Balaban J connectivity index is 1.75. The van der Waals surface area contributed by atoms with Crippen LogP contribution in [0.1, 0.15) is 51.0 Å². The largest absolute Gasteiger partial charge is 0.388 e. The highest BCUT2D eigenvalue weighted by molar-refractivity contribution is 6.30. The first-order chi connectivity index (χ1) is 10.4. The van der Waals surface area contributed by atoms with Crippen molar-refractivity contribution in [1.82, 2.24) is 5.32 Å². The van der Waals surface area contributed by atoms with Gasteiger partial charge in [0.15, 0.2) is 0 Å². The number of hydrogen-bond donors (Lipinski definition) is 2. The summed E-state index contributed by atoms with van der Waals surface area (Å²) >= 11 is 5.97. The number of amides is 1. The van der Waals surface area contributed by atoms with Gasteiger partial charge >= 0.3 is 0 Å². The van der Waals surface area contributed by atoms with Gasteiger partial charge in [-0.25, -0.2) is 0 Å². The van der Waals surface area contributed by atoms with Crippen LogP contribution in [0.3, 0.4) is 0 Å². The summed E-state index contributed by atoms with van der Waals surface area (Å²) in [5.74, 6) is 0.385. The Morgan fingerprint density at radius 2 is 1.91 bits per heavy atom. The molecule has 0 heterocycles. The monoisotopic (exact) mass is 321 g/mol. The first kappa shape index (κ1) is 15.8. The van der Waals surface area contributed by atoms with E-state index in [1.54, 1.807) is 0 Å². The zero-order chi connectivity index (χ0) is 15.8. The van der Waals surface area contributed by atoms with Crippen molar-refractivity contribution in [3.8, 4) is 0 Å². The maximum absolute atomic E-state index is 12.9. The summed E-state index contributed by atoms with van der Waals surface area (Å²) in [4.78, 5) is 12.9. The van der Waals surface area contributed by atoms with Crippen LogP contribution in [0.25, 0.3) is 0 Å². The van der Waals surface area contributed by atoms with Crippen LogP contribution in [0.5, 0.6) is 0 Å². The zero-order valence-electron chi connectivity index (χ0n) is 13.1. The molecular formula is C18H24ClNO2. The molecule has 0 bridgehead atoms. The molecule has 2 aliphatic carbocycles. The van der Waals surface area contributed by atoms with E-state index in [4.69, 9.17) is 11.6 Å². The van der Waals surface area contributed by atoms with Crippen molar-refractivity contribution in [3.63, 3.8) is 0 Å². The predicted octanol–water partition coefficient (Wildman–Crippen LogP) is 3.43. The molecule has 1 amide bonds. The molecule has 0 aliphatic heterocycles. The van der Waals surface area contributed by atoms with Gasteiger partial charge in [-0.2, -0.15) is 0 Å². The maximum atomic E-state index is 12.9. The molecule has 0 spiro atoms. The molecule has 1 atom stereocenters. The fraction of sp³-hybridized carbons (Fsp3) is 0.611. The smallest absolute Gasteiger partial charge is 0.230 e. The summed E-state index contributed by atoms with van der Waals surface area (Å²) in [6, 6.07) is 7.63. The number of aliphatic hydroxyl groups is 1. The lowest BCUT2D eigenvalue weighted by atomic mass is 9.78. The SMILES string of the molecule is CC(O)(CNC(=O)C1(c2ccc(Cl)cc2)CCCC1)C1CC1. The molecule has 1 aromatic rings. The Kier molecular flexibility index (Phi) is 4.21. The van der Waals surface area contributed by atoms with Gasteiger partial charge in [0.1, 0.15) is 0 Å². The second-order valence-electron chi connectivity index (χ2n) is 7.11. The van der Waals surface area contributed by atoms with Crippen LogP contribution in [-0.4, -0.2) is 23.2 Å². The Morgan fingerprint density at radius 1 is 1.32 bits per heavy atom. The summed E-state index contributed by atoms with van der Waals surface area (Å²) in [5, 5.41) is 14.1. The average Bonchev–Trinajstić information content (AvgIpc) is 3.25. The van der Waals surface area contributed by atoms with E-state index in [1.807, 2.05) is 31.2 Å². The van der Waals surface area contributed by atoms with E-state index < -0.39 is 11.0 Å². The number of benzene rings is 1. The summed E-state index contributed by atoms with van der Waals surface area (Å²) < 4.78 is 0. The third-order valence-corrected chi connectivity index (χ3v) is 5.60. The molecule has 2 N–H and O–H groups in total. The van der Waals surface area contributed by atoms with E-state index in [9.17, 15) is 9.90 Å². The molecule has 0 radical (unpaired) electrons. The highest BCUT2D eigenvalue weighted by Gasteiger charge is 2.45. The minimum atomic E-state index is -0.782. The Morgan fingerprint density at radius 3 is 2.45 bits per heavy atom. The van der Waals surface area contributed by atoms with Crippen molar-refractivity contribution in [2.24, 2.45) is 5.92 Å². The van der Waals surface area contributed by atoms with E-state index in [1.165, 1.54) is 0 Å². The fourth-order valence-corrected chi connectivity index (χ4v) is 3.80. The predicted molar refractivity (Wildman–Crippen MR) is 88.0 cm³/mol.